The van der Waals surface area contributed by atoms with Gasteiger partial charge in [-0.2, -0.15) is 0 Å². The molecule has 0 aliphatic heterocycles. The molecule has 2 aromatic heterocycles. The molecule has 0 saturated carbocycles. The smallest absolute Gasteiger partial charge is 0.130 e. The summed E-state index contributed by atoms with van der Waals surface area (Å²) in [6.07, 6.45) is 2.63. The molecule has 0 atom stereocenters. The number of nitrogens with zero attached hydrogens (tertiary/aromatic N) is 3. The summed E-state index contributed by atoms with van der Waals surface area (Å²) in [6, 6.07) is 5.91. The standard InChI is InChI=1S/C12H12BrN3/c1-3-12-15-10(7-11(13)16-12)9-4-5-14-8(2)6-9/h4-7H,3H2,1-2H3. The third-order valence-electron chi connectivity index (χ3n) is 2.25. The van der Waals surface area contributed by atoms with E-state index in [1.807, 2.05) is 32.0 Å². The van der Waals surface area contributed by atoms with Gasteiger partial charge in [0.2, 0.25) is 0 Å². The first-order valence-electron chi connectivity index (χ1n) is 5.15. The second-order valence-corrected chi connectivity index (χ2v) is 4.34. The van der Waals surface area contributed by atoms with Crippen LogP contribution in [0.5, 0.6) is 0 Å². The number of halogens is 1. The molecule has 0 aliphatic carbocycles. The van der Waals surface area contributed by atoms with Crippen molar-refractivity contribution in [1.29, 1.82) is 0 Å². The molecular formula is C12H12BrN3. The summed E-state index contributed by atoms with van der Waals surface area (Å²) in [5.74, 6) is 0.846. The molecule has 0 saturated heterocycles. The van der Waals surface area contributed by atoms with Crippen LogP contribution in [0.25, 0.3) is 11.3 Å². The van der Waals surface area contributed by atoms with Crippen LogP contribution in [0.15, 0.2) is 29.0 Å². The van der Waals surface area contributed by atoms with E-state index in [1.165, 1.54) is 0 Å². The van der Waals surface area contributed by atoms with Crippen LogP contribution < -0.4 is 0 Å². The third kappa shape index (κ3) is 2.44. The zero-order valence-electron chi connectivity index (χ0n) is 9.24. The van der Waals surface area contributed by atoms with E-state index in [0.717, 1.165) is 33.8 Å². The second-order valence-electron chi connectivity index (χ2n) is 3.53. The number of hydrogen-bond donors (Lipinski definition) is 0. The maximum absolute atomic E-state index is 4.49. The molecule has 0 aromatic carbocycles. The second kappa shape index (κ2) is 4.70. The van der Waals surface area contributed by atoms with Crippen molar-refractivity contribution < 1.29 is 0 Å². The Morgan fingerprint density at radius 1 is 1.25 bits per heavy atom. The normalized spacial score (nSPS) is 10.4. The van der Waals surface area contributed by atoms with Crippen LogP contribution in [0.3, 0.4) is 0 Å². The first kappa shape index (κ1) is 11.2. The van der Waals surface area contributed by atoms with Crippen molar-refractivity contribution in [2.45, 2.75) is 20.3 Å². The fourth-order valence-corrected chi connectivity index (χ4v) is 1.90. The van der Waals surface area contributed by atoms with Crippen molar-refractivity contribution in [2.75, 3.05) is 0 Å². The maximum Gasteiger partial charge on any atom is 0.130 e. The highest BCUT2D eigenvalue weighted by Gasteiger charge is 2.04. The van der Waals surface area contributed by atoms with Crippen LogP contribution in [-0.4, -0.2) is 15.0 Å². The van der Waals surface area contributed by atoms with Crippen LogP contribution in [-0.2, 0) is 6.42 Å². The Hall–Kier alpha value is -1.29. The van der Waals surface area contributed by atoms with E-state index < -0.39 is 0 Å². The van der Waals surface area contributed by atoms with Gasteiger partial charge in [-0.05, 0) is 41.1 Å². The van der Waals surface area contributed by atoms with E-state index in [2.05, 4.69) is 30.9 Å². The fraction of sp³-hybridized carbons (Fsp3) is 0.250. The van der Waals surface area contributed by atoms with Crippen molar-refractivity contribution in [2.24, 2.45) is 0 Å². The predicted octanol–water partition coefficient (Wildman–Crippen LogP) is 3.17. The molecule has 0 spiro atoms. The van der Waals surface area contributed by atoms with Crippen LogP contribution in [0.1, 0.15) is 18.4 Å². The number of aryl methyl sites for hydroxylation is 2. The maximum atomic E-state index is 4.49. The summed E-state index contributed by atoms with van der Waals surface area (Å²) >= 11 is 3.40. The van der Waals surface area contributed by atoms with Gasteiger partial charge >= 0.3 is 0 Å². The van der Waals surface area contributed by atoms with Gasteiger partial charge in [0.1, 0.15) is 10.4 Å². The van der Waals surface area contributed by atoms with Gasteiger partial charge < -0.3 is 0 Å². The molecule has 82 valence electrons. The lowest BCUT2D eigenvalue weighted by Crippen LogP contribution is -1.96. The van der Waals surface area contributed by atoms with E-state index >= 15 is 0 Å². The molecule has 0 bridgehead atoms. The number of rotatable bonds is 2. The first-order valence-corrected chi connectivity index (χ1v) is 5.95. The molecule has 2 heterocycles. The van der Waals surface area contributed by atoms with Crippen molar-refractivity contribution in [3.63, 3.8) is 0 Å². The highest BCUT2D eigenvalue weighted by atomic mass is 79.9. The zero-order valence-corrected chi connectivity index (χ0v) is 10.8. The van der Waals surface area contributed by atoms with Crippen molar-refractivity contribution >= 4 is 15.9 Å². The van der Waals surface area contributed by atoms with Crippen molar-refractivity contribution in [1.82, 2.24) is 15.0 Å². The van der Waals surface area contributed by atoms with E-state index in [-0.39, 0.29) is 0 Å². The van der Waals surface area contributed by atoms with Gasteiger partial charge in [-0.15, -0.1) is 0 Å². The number of pyridine rings is 1. The molecule has 0 N–H and O–H groups in total. The number of hydrogen-bond acceptors (Lipinski definition) is 3. The topological polar surface area (TPSA) is 38.7 Å². The Bertz CT molecular complexity index is 511. The van der Waals surface area contributed by atoms with Gasteiger partial charge in [-0.25, -0.2) is 9.97 Å². The number of aromatic nitrogens is 3. The molecule has 0 amide bonds. The molecule has 0 radical (unpaired) electrons. The summed E-state index contributed by atoms with van der Waals surface area (Å²) in [7, 11) is 0. The first-order chi connectivity index (χ1) is 7.69. The third-order valence-corrected chi connectivity index (χ3v) is 2.66. The largest absolute Gasteiger partial charge is 0.262 e. The van der Waals surface area contributed by atoms with Crippen LogP contribution >= 0.6 is 15.9 Å². The lowest BCUT2D eigenvalue weighted by Gasteiger charge is -2.04. The molecule has 0 unspecified atom stereocenters. The summed E-state index contributed by atoms with van der Waals surface area (Å²) in [4.78, 5) is 13.0. The van der Waals surface area contributed by atoms with E-state index in [1.54, 1.807) is 6.20 Å². The monoisotopic (exact) mass is 277 g/mol. The van der Waals surface area contributed by atoms with Crippen molar-refractivity contribution in [3.05, 3.63) is 40.5 Å². The van der Waals surface area contributed by atoms with Crippen LogP contribution in [0.4, 0.5) is 0 Å². The minimum absolute atomic E-state index is 0.823. The highest BCUT2D eigenvalue weighted by molar-refractivity contribution is 9.10. The van der Waals surface area contributed by atoms with Crippen LogP contribution in [0.2, 0.25) is 0 Å². The van der Waals surface area contributed by atoms with Gasteiger partial charge in [0.25, 0.3) is 0 Å². The molecule has 4 heteroatoms. The molecular weight excluding hydrogens is 266 g/mol. The SMILES string of the molecule is CCc1nc(Br)cc(-c2ccnc(C)c2)n1. The molecule has 0 aliphatic rings. The van der Waals surface area contributed by atoms with Gasteiger partial charge in [0.15, 0.2) is 0 Å². The average molecular weight is 278 g/mol. The van der Waals surface area contributed by atoms with E-state index in [0.29, 0.717) is 0 Å². The highest BCUT2D eigenvalue weighted by Crippen LogP contribution is 2.20. The van der Waals surface area contributed by atoms with Gasteiger partial charge in [-0.3, -0.25) is 4.98 Å². The lowest BCUT2D eigenvalue weighted by atomic mass is 10.1. The molecule has 16 heavy (non-hydrogen) atoms. The van der Waals surface area contributed by atoms with Gasteiger partial charge in [0.05, 0.1) is 5.69 Å². The molecule has 2 aromatic rings. The minimum atomic E-state index is 0.823. The Balaban J connectivity index is 2.51. The predicted molar refractivity (Wildman–Crippen MR) is 67.1 cm³/mol. The average Bonchev–Trinajstić information content (AvgIpc) is 2.28. The van der Waals surface area contributed by atoms with Crippen LogP contribution in [0, 0.1) is 6.92 Å². The Labute approximate surface area is 103 Å². The zero-order chi connectivity index (χ0) is 11.5. The van der Waals surface area contributed by atoms with Gasteiger partial charge in [0, 0.05) is 23.9 Å². The summed E-state index contributed by atoms with van der Waals surface area (Å²) in [6.45, 7) is 4.02. The molecule has 0 fully saturated rings. The fourth-order valence-electron chi connectivity index (χ4n) is 1.48. The lowest BCUT2D eigenvalue weighted by molar-refractivity contribution is 0.931. The van der Waals surface area contributed by atoms with E-state index in [9.17, 15) is 0 Å². The quantitative estimate of drug-likeness (QED) is 0.792. The minimum Gasteiger partial charge on any atom is -0.262 e. The van der Waals surface area contributed by atoms with E-state index in [4.69, 9.17) is 0 Å². The Morgan fingerprint density at radius 2 is 2.06 bits per heavy atom. The summed E-state index contributed by atoms with van der Waals surface area (Å²) in [5, 5.41) is 0. The molecule has 3 nitrogen and oxygen atoms in total. The molecule has 2 rings (SSSR count). The summed E-state index contributed by atoms with van der Waals surface area (Å²) in [5.41, 5.74) is 3.00. The summed E-state index contributed by atoms with van der Waals surface area (Å²) < 4.78 is 0.823. The Kier molecular flexibility index (Phi) is 3.29. The van der Waals surface area contributed by atoms with Crippen molar-refractivity contribution in [3.8, 4) is 11.3 Å². The Morgan fingerprint density at radius 3 is 2.75 bits per heavy atom. The van der Waals surface area contributed by atoms with Gasteiger partial charge in [-0.1, -0.05) is 6.92 Å².